The van der Waals surface area contributed by atoms with Crippen molar-refractivity contribution >= 4 is 17.5 Å². The lowest BCUT2D eigenvalue weighted by atomic mass is 9.87. The number of nitrogens with zero attached hydrogens (tertiary/aromatic N) is 3. The molecule has 0 aliphatic rings. The maximum Gasteiger partial charge on any atom is 0.196 e. The first-order chi connectivity index (χ1) is 16.1. The number of phenols is 2. The maximum absolute atomic E-state index is 12.7. The van der Waals surface area contributed by atoms with Crippen molar-refractivity contribution in [3.05, 3.63) is 83.4 Å². The van der Waals surface area contributed by atoms with E-state index in [1.807, 2.05) is 47.9 Å². The molecule has 4 rings (SSSR count). The molecule has 34 heavy (non-hydrogen) atoms. The Morgan fingerprint density at radius 3 is 2.21 bits per heavy atom. The molecule has 0 bridgehead atoms. The highest BCUT2D eigenvalue weighted by Gasteiger charge is 2.19. The monoisotopic (exact) mass is 473 g/mol. The zero-order valence-corrected chi connectivity index (χ0v) is 20.4. The molecule has 0 saturated heterocycles. The van der Waals surface area contributed by atoms with Crippen molar-refractivity contribution in [1.82, 2.24) is 14.8 Å². The van der Waals surface area contributed by atoms with Crippen LogP contribution in [0, 0.1) is 6.92 Å². The van der Waals surface area contributed by atoms with Crippen LogP contribution in [0.25, 0.3) is 17.1 Å². The Balaban J connectivity index is 1.67. The van der Waals surface area contributed by atoms with Crippen LogP contribution in [0.1, 0.15) is 42.3 Å². The van der Waals surface area contributed by atoms with Crippen LogP contribution in [-0.4, -0.2) is 36.5 Å². The van der Waals surface area contributed by atoms with Gasteiger partial charge in [-0.25, -0.2) is 0 Å². The summed E-state index contributed by atoms with van der Waals surface area (Å²) < 4.78 is 1.96. The fourth-order valence-electron chi connectivity index (χ4n) is 3.51. The highest BCUT2D eigenvalue weighted by Crippen LogP contribution is 2.31. The van der Waals surface area contributed by atoms with Crippen LogP contribution in [0.4, 0.5) is 0 Å². The summed E-state index contributed by atoms with van der Waals surface area (Å²) in [4.78, 5) is 12.7. The van der Waals surface area contributed by atoms with Crippen LogP contribution in [0.3, 0.4) is 0 Å². The third-order valence-electron chi connectivity index (χ3n) is 5.56. The second-order valence-electron chi connectivity index (χ2n) is 9.22. The van der Waals surface area contributed by atoms with Crippen molar-refractivity contribution in [1.29, 1.82) is 0 Å². The lowest BCUT2D eigenvalue weighted by Gasteiger charge is -2.19. The minimum Gasteiger partial charge on any atom is -0.504 e. The van der Waals surface area contributed by atoms with Gasteiger partial charge in [-0.05, 0) is 48.2 Å². The predicted molar refractivity (Wildman–Crippen MR) is 135 cm³/mol. The van der Waals surface area contributed by atoms with E-state index < -0.39 is 0 Å². The molecule has 174 valence electrons. The number of Topliss-reactive ketones (excluding diaryl/α,β-unsaturated/α-hetero) is 1. The van der Waals surface area contributed by atoms with Crippen LogP contribution in [0.5, 0.6) is 11.5 Å². The Hall–Kier alpha value is -3.58. The first-order valence-corrected chi connectivity index (χ1v) is 11.9. The number of aromatic hydroxyl groups is 2. The molecule has 6 nitrogen and oxygen atoms in total. The van der Waals surface area contributed by atoms with E-state index in [0.29, 0.717) is 16.5 Å². The van der Waals surface area contributed by atoms with Gasteiger partial charge in [-0.1, -0.05) is 74.5 Å². The van der Waals surface area contributed by atoms with Crippen molar-refractivity contribution in [2.45, 2.75) is 38.3 Å². The van der Waals surface area contributed by atoms with Gasteiger partial charge < -0.3 is 10.2 Å². The van der Waals surface area contributed by atoms with Crippen molar-refractivity contribution in [2.75, 3.05) is 5.75 Å². The summed E-state index contributed by atoms with van der Waals surface area (Å²) in [7, 11) is 0. The minimum absolute atomic E-state index is 0.0488. The molecule has 3 aromatic carbocycles. The summed E-state index contributed by atoms with van der Waals surface area (Å²) in [6.45, 7) is 8.56. The highest BCUT2D eigenvalue weighted by molar-refractivity contribution is 7.99. The number of carbonyl (C=O) groups is 1. The van der Waals surface area contributed by atoms with E-state index >= 15 is 0 Å². The zero-order valence-electron chi connectivity index (χ0n) is 19.6. The fraction of sp³-hybridized carbons (Fsp3) is 0.222. The van der Waals surface area contributed by atoms with Crippen LogP contribution in [0.2, 0.25) is 0 Å². The third kappa shape index (κ3) is 4.99. The number of phenolic OH excluding ortho intramolecular Hbond substituents is 2. The largest absolute Gasteiger partial charge is 0.504 e. The van der Waals surface area contributed by atoms with Crippen molar-refractivity contribution < 1.29 is 15.0 Å². The maximum atomic E-state index is 12.7. The third-order valence-corrected chi connectivity index (χ3v) is 6.49. The first-order valence-electron chi connectivity index (χ1n) is 10.9. The second kappa shape index (κ2) is 9.35. The van der Waals surface area contributed by atoms with Crippen LogP contribution in [0.15, 0.2) is 71.9 Å². The molecule has 0 aliphatic carbocycles. The van der Waals surface area contributed by atoms with Crippen LogP contribution < -0.4 is 0 Å². The SMILES string of the molecule is Cc1ccc(-n2c(SCC(=O)c3ccc(O)c(O)c3)nnc2-c2ccc(C(C)(C)C)cc2)cc1. The highest BCUT2D eigenvalue weighted by atomic mass is 32.2. The van der Waals surface area contributed by atoms with E-state index in [2.05, 4.69) is 43.1 Å². The number of hydrogen-bond donors (Lipinski definition) is 2. The number of rotatable bonds is 6. The molecule has 1 aromatic heterocycles. The van der Waals surface area contributed by atoms with E-state index in [4.69, 9.17) is 0 Å². The minimum atomic E-state index is -0.320. The Bertz CT molecular complexity index is 1320. The molecular weight excluding hydrogens is 446 g/mol. The number of benzene rings is 3. The topological polar surface area (TPSA) is 88.2 Å². The second-order valence-corrected chi connectivity index (χ2v) is 10.2. The van der Waals surface area contributed by atoms with E-state index in [-0.39, 0.29) is 28.5 Å². The summed E-state index contributed by atoms with van der Waals surface area (Å²) >= 11 is 1.28. The summed E-state index contributed by atoms with van der Waals surface area (Å²) in [5.41, 5.74) is 4.58. The van der Waals surface area contributed by atoms with Gasteiger partial charge in [0.1, 0.15) is 0 Å². The number of aryl methyl sites for hydroxylation is 1. The van der Waals surface area contributed by atoms with E-state index in [1.165, 1.54) is 35.5 Å². The molecule has 0 radical (unpaired) electrons. The summed E-state index contributed by atoms with van der Waals surface area (Å²) in [5, 5.41) is 28.7. The fourth-order valence-corrected chi connectivity index (χ4v) is 4.35. The predicted octanol–water partition coefficient (Wildman–Crippen LogP) is 5.93. The van der Waals surface area contributed by atoms with Gasteiger partial charge in [0.25, 0.3) is 0 Å². The van der Waals surface area contributed by atoms with E-state index in [9.17, 15) is 15.0 Å². The van der Waals surface area contributed by atoms with Gasteiger partial charge in [0.05, 0.1) is 5.75 Å². The first kappa shape index (κ1) is 23.6. The molecule has 0 saturated carbocycles. The van der Waals surface area contributed by atoms with Gasteiger partial charge in [-0.3, -0.25) is 9.36 Å². The lowest BCUT2D eigenvalue weighted by Crippen LogP contribution is -2.10. The van der Waals surface area contributed by atoms with Gasteiger partial charge in [0, 0.05) is 16.8 Å². The molecule has 0 amide bonds. The molecular formula is C27H27N3O3S. The summed E-state index contributed by atoms with van der Waals surface area (Å²) in [5.74, 6) is 0.0402. The van der Waals surface area contributed by atoms with Crippen LogP contribution >= 0.6 is 11.8 Å². The molecule has 0 atom stereocenters. The number of hydrogen-bond acceptors (Lipinski definition) is 6. The molecule has 1 heterocycles. The van der Waals surface area contributed by atoms with Gasteiger partial charge in [0.2, 0.25) is 0 Å². The van der Waals surface area contributed by atoms with Crippen LogP contribution in [-0.2, 0) is 5.41 Å². The van der Waals surface area contributed by atoms with Gasteiger partial charge in [-0.15, -0.1) is 10.2 Å². The van der Waals surface area contributed by atoms with Crippen molar-refractivity contribution in [3.63, 3.8) is 0 Å². The Kier molecular flexibility index (Phi) is 6.48. The molecule has 2 N–H and O–H groups in total. The van der Waals surface area contributed by atoms with E-state index in [1.54, 1.807) is 0 Å². The quantitative estimate of drug-likeness (QED) is 0.205. The molecule has 7 heteroatoms. The van der Waals surface area contributed by atoms with Gasteiger partial charge >= 0.3 is 0 Å². The smallest absolute Gasteiger partial charge is 0.196 e. The zero-order chi connectivity index (χ0) is 24.5. The summed E-state index contributed by atoms with van der Waals surface area (Å²) in [6, 6.07) is 20.5. The Labute approximate surface area is 203 Å². The standard InChI is InChI=1S/C27H27N3O3S/c1-17-5-12-21(13-6-17)30-25(18-7-10-20(11-8-18)27(2,3)4)28-29-26(30)34-16-24(33)19-9-14-22(31)23(32)15-19/h5-15,31-32H,16H2,1-4H3. The average molecular weight is 474 g/mol. The molecule has 0 spiro atoms. The number of thioether (sulfide) groups is 1. The van der Waals surface area contributed by atoms with Gasteiger partial charge in [-0.2, -0.15) is 0 Å². The Morgan fingerprint density at radius 2 is 1.59 bits per heavy atom. The lowest BCUT2D eigenvalue weighted by molar-refractivity contribution is 0.102. The van der Waals surface area contributed by atoms with Crippen molar-refractivity contribution in [3.8, 4) is 28.6 Å². The van der Waals surface area contributed by atoms with E-state index in [0.717, 1.165) is 16.8 Å². The molecule has 0 fully saturated rings. The molecule has 0 aliphatic heterocycles. The summed E-state index contributed by atoms with van der Waals surface area (Å²) in [6.07, 6.45) is 0. The molecule has 0 unspecified atom stereocenters. The van der Waals surface area contributed by atoms with Crippen molar-refractivity contribution in [2.24, 2.45) is 0 Å². The number of carbonyl (C=O) groups excluding carboxylic acids is 1. The normalized spacial score (nSPS) is 11.5. The average Bonchev–Trinajstić information content (AvgIpc) is 3.23. The number of ketones is 1. The molecule has 4 aromatic rings. The Morgan fingerprint density at radius 1 is 0.912 bits per heavy atom. The van der Waals surface area contributed by atoms with Gasteiger partial charge in [0.15, 0.2) is 28.3 Å². The number of aromatic nitrogens is 3.